The molecule has 0 saturated carbocycles. The molecule has 0 N–H and O–H groups in total. The standard InChI is InChI=1S/C14H11NO2S/c1-18(16,17)14-8-3-2-7-13(14)12-6-4-5-11(9-12)10-15/h2-9H,1H3. The van der Waals surface area contributed by atoms with E-state index >= 15 is 0 Å². The Balaban J connectivity index is 2.69. The van der Waals surface area contributed by atoms with Crippen molar-refractivity contribution in [3.05, 3.63) is 54.1 Å². The Morgan fingerprint density at radius 2 is 1.78 bits per heavy atom. The monoisotopic (exact) mass is 257 g/mol. The molecule has 2 aromatic rings. The summed E-state index contributed by atoms with van der Waals surface area (Å²) in [6, 6.07) is 15.7. The van der Waals surface area contributed by atoms with E-state index in [9.17, 15) is 8.42 Å². The van der Waals surface area contributed by atoms with E-state index in [2.05, 4.69) is 0 Å². The Bertz CT molecular complexity index is 727. The van der Waals surface area contributed by atoms with E-state index in [1.807, 2.05) is 6.07 Å². The molecule has 0 atom stereocenters. The first-order valence-corrected chi connectivity index (χ1v) is 7.21. The Labute approximate surface area is 106 Å². The van der Waals surface area contributed by atoms with Crippen molar-refractivity contribution in [2.75, 3.05) is 6.26 Å². The molecule has 0 amide bonds. The third-order valence-corrected chi connectivity index (χ3v) is 3.74. The fourth-order valence-electron chi connectivity index (χ4n) is 1.78. The molecule has 4 heteroatoms. The second kappa shape index (κ2) is 4.63. The first-order chi connectivity index (χ1) is 8.52. The minimum absolute atomic E-state index is 0.278. The van der Waals surface area contributed by atoms with Crippen molar-refractivity contribution in [2.24, 2.45) is 0 Å². The highest BCUT2D eigenvalue weighted by atomic mass is 32.2. The lowest BCUT2D eigenvalue weighted by Crippen LogP contribution is -1.99. The van der Waals surface area contributed by atoms with Gasteiger partial charge in [-0.3, -0.25) is 0 Å². The third kappa shape index (κ3) is 2.41. The van der Waals surface area contributed by atoms with Crippen molar-refractivity contribution in [2.45, 2.75) is 4.90 Å². The molecule has 0 aliphatic heterocycles. The second-order valence-corrected chi connectivity index (χ2v) is 5.95. The van der Waals surface area contributed by atoms with Crippen LogP contribution >= 0.6 is 0 Å². The molecule has 0 spiro atoms. The molecule has 0 aromatic heterocycles. The Morgan fingerprint density at radius 3 is 2.44 bits per heavy atom. The van der Waals surface area contributed by atoms with Gasteiger partial charge >= 0.3 is 0 Å². The molecular formula is C14H11NO2S. The summed E-state index contributed by atoms with van der Waals surface area (Å²) in [6.07, 6.45) is 1.18. The maximum absolute atomic E-state index is 11.7. The van der Waals surface area contributed by atoms with Crippen molar-refractivity contribution in [3.63, 3.8) is 0 Å². The van der Waals surface area contributed by atoms with Gasteiger partial charge in [0.05, 0.1) is 16.5 Å². The zero-order valence-electron chi connectivity index (χ0n) is 9.79. The van der Waals surface area contributed by atoms with Gasteiger partial charge in [0.25, 0.3) is 0 Å². The number of sulfone groups is 1. The van der Waals surface area contributed by atoms with Crippen LogP contribution in [0.2, 0.25) is 0 Å². The van der Waals surface area contributed by atoms with Crippen LogP contribution in [0.4, 0.5) is 0 Å². The topological polar surface area (TPSA) is 57.9 Å². The number of rotatable bonds is 2. The molecule has 0 aliphatic rings. The van der Waals surface area contributed by atoms with Crippen LogP contribution in [0.5, 0.6) is 0 Å². The Hall–Kier alpha value is -2.12. The molecule has 0 heterocycles. The molecule has 0 aliphatic carbocycles. The summed E-state index contributed by atoms with van der Waals surface area (Å²) in [5.41, 5.74) is 1.86. The van der Waals surface area contributed by atoms with E-state index in [4.69, 9.17) is 5.26 Å². The summed E-state index contributed by atoms with van der Waals surface area (Å²) < 4.78 is 23.4. The van der Waals surface area contributed by atoms with Gasteiger partial charge in [-0.1, -0.05) is 30.3 Å². The van der Waals surface area contributed by atoms with Crippen molar-refractivity contribution in [1.29, 1.82) is 5.26 Å². The molecule has 2 rings (SSSR count). The SMILES string of the molecule is CS(=O)(=O)c1ccccc1-c1cccc(C#N)c1. The molecule has 2 aromatic carbocycles. The Morgan fingerprint density at radius 1 is 1.06 bits per heavy atom. The van der Waals surface area contributed by atoms with E-state index < -0.39 is 9.84 Å². The average Bonchev–Trinajstić information content (AvgIpc) is 2.38. The first-order valence-electron chi connectivity index (χ1n) is 5.32. The molecule has 0 radical (unpaired) electrons. The van der Waals surface area contributed by atoms with Gasteiger partial charge in [0.2, 0.25) is 0 Å². The molecule has 0 bridgehead atoms. The first kappa shape index (κ1) is 12.3. The van der Waals surface area contributed by atoms with Crippen molar-refractivity contribution >= 4 is 9.84 Å². The van der Waals surface area contributed by atoms with Gasteiger partial charge < -0.3 is 0 Å². The summed E-state index contributed by atoms with van der Waals surface area (Å²) in [5.74, 6) is 0. The minimum Gasteiger partial charge on any atom is -0.224 e. The predicted molar refractivity (Wildman–Crippen MR) is 69.7 cm³/mol. The molecule has 0 unspecified atom stereocenters. The van der Waals surface area contributed by atoms with Gasteiger partial charge in [-0.25, -0.2) is 8.42 Å². The van der Waals surface area contributed by atoms with Gasteiger partial charge in [-0.15, -0.1) is 0 Å². The van der Waals surface area contributed by atoms with Crippen molar-refractivity contribution in [3.8, 4) is 17.2 Å². The van der Waals surface area contributed by atoms with Crippen molar-refractivity contribution < 1.29 is 8.42 Å². The van der Waals surface area contributed by atoms with Crippen LogP contribution in [-0.2, 0) is 9.84 Å². The zero-order chi connectivity index (χ0) is 13.2. The number of benzene rings is 2. The highest BCUT2D eigenvalue weighted by Crippen LogP contribution is 2.27. The summed E-state index contributed by atoms with van der Waals surface area (Å²) in [5, 5.41) is 8.87. The van der Waals surface area contributed by atoms with Gasteiger partial charge in [0.1, 0.15) is 0 Å². The van der Waals surface area contributed by atoms with E-state index in [0.717, 1.165) is 5.56 Å². The molecule has 18 heavy (non-hydrogen) atoms. The van der Waals surface area contributed by atoms with Gasteiger partial charge in [0.15, 0.2) is 9.84 Å². The number of hydrogen-bond donors (Lipinski definition) is 0. The van der Waals surface area contributed by atoms with Crippen LogP contribution in [0.1, 0.15) is 5.56 Å². The predicted octanol–water partition coefficient (Wildman–Crippen LogP) is 2.63. The van der Waals surface area contributed by atoms with Crippen LogP contribution < -0.4 is 0 Å². The largest absolute Gasteiger partial charge is 0.224 e. The summed E-state index contributed by atoms with van der Waals surface area (Å²) >= 11 is 0. The molecule has 0 saturated heterocycles. The number of nitrogens with zero attached hydrogens (tertiary/aromatic N) is 1. The highest BCUT2D eigenvalue weighted by Gasteiger charge is 2.13. The van der Waals surface area contributed by atoms with Crippen LogP contribution in [0.15, 0.2) is 53.4 Å². The molecule has 0 fully saturated rings. The average molecular weight is 257 g/mol. The zero-order valence-corrected chi connectivity index (χ0v) is 10.6. The lowest BCUT2D eigenvalue weighted by Gasteiger charge is -2.08. The van der Waals surface area contributed by atoms with Crippen molar-refractivity contribution in [1.82, 2.24) is 0 Å². The van der Waals surface area contributed by atoms with E-state index in [0.29, 0.717) is 11.1 Å². The fraction of sp³-hybridized carbons (Fsp3) is 0.0714. The fourth-order valence-corrected chi connectivity index (χ4v) is 2.70. The highest BCUT2D eigenvalue weighted by molar-refractivity contribution is 7.90. The number of nitriles is 1. The minimum atomic E-state index is -3.28. The van der Waals surface area contributed by atoms with E-state index in [-0.39, 0.29) is 4.90 Å². The summed E-state index contributed by atoms with van der Waals surface area (Å²) in [6.45, 7) is 0. The van der Waals surface area contributed by atoms with Crippen LogP contribution in [0.25, 0.3) is 11.1 Å². The van der Waals surface area contributed by atoms with Crippen LogP contribution in [-0.4, -0.2) is 14.7 Å². The lowest BCUT2D eigenvalue weighted by molar-refractivity contribution is 0.602. The molecular weight excluding hydrogens is 246 g/mol. The van der Waals surface area contributed by atoms with Gasteiger partial charge in [0, 0.05) is 11.8 Å². The maximum atomic E-state index is 11.7. The van der Waals surface area contributed by atoms with Gasteiger partial charge in [-0.05, 0) is 23.8 Å². The van der Waals surface area contributed by atoms with E-state index in [1.165, 1.54) is 6.26 Å². The molecule has 3 nitrogen and oxygen atoms in total. The number of hydrogen-bond acceptors (Lipinski definition) is 3. The lowest BCUT2D eigenvalue weighted by atomic mass is 10.0. The summed E-state index contributed by atoms with van der Waals surface area (Å²) in [7, 11) is -3.28. The Kier molecular flexibility index (Phi) is 3.17. The second-order valence-electron chi connectivity index (χ2n) is 3.96. The maximum Gasteiger partial charge on any atom is 0.176 e. The smallest absolute Gasteiger partial charge is 0.176 e. The third-order valence-electron chi connectivity index (χ3n) is 2.59. The normalized spacial score (nSPS) is 10.9. The molecule has 90 valence electrons. The van der Waals surface area contributed by atoms with Crippen LogP contribution in [0, 0.1) is 11.3 Å². The van der Waals surface area contributed by atoms with Gasteiger partial charge in [-0.2, -0.15) is 5.26 Å². The van der Waals surface area contributed by atoms with Crippen LogP contribution in [0.3, 0.4) is 0 Å². The summed E-state index contributed by atoms with van der Waals surface area (Å²) in [4.78, 5) is 0.278. The van der Waals surface area contributed by atoms with E-state index in [1.54, 1.807) is 48.5 Å². The quantitative estimate of drug-likeness (QED) is 0.831.